The molecule has 0 amide bonds. The third kappa shape index (κ3) is 4.64. The predicted octanol–water partition coefficient (Wildman–Crippen LogP) is 1.67. The first-order valence-corrected chi connectivity index (χ1v) is 14.3. The molecule has 0 atom stereocenters. The number of aromatic nitrogens is 4. The van der Waals surface area contributed by atoms with Crippen molar-refractivity contribution in [3.8, 4) is 6.07 Å². The van der Waals surface area contributed by atoms with Crippen molar-refractivity contribution in [2.24, 2.45) is 0 Å². The number of ether oxygens (including phenoxy) is 1. The Bertz CT molecular complexity index is 1800. The lowest BCUT2D eigenvalue weighted by atomic mass is 10.0. The average molecular weight is 559 g/mol. The van der Waals surface area contributed by atoms with Gasteiger partial charge in [0.25, 0.3) is 5.56 Å². The second-order valence-corrected chi connectivity index (χ2v) is 13.1. The lowest BCUT2D eigenvalue weighted by Gasteiger charge is -2.35. The molecule has 0 spiro atoms. The molecule has 1 N–H and O–H groups in total. The van der Waals surface area contributed by atoms with Crippen molar-refractivity contribution in [1.29, 1.82) is 5.26 Å². The highest BCUT2D eigenvalue weighted by atomic mass is 32.2. The number of sulfonamides is 1. The van der Waals surface area contributed by atoms with Gasteiger partial charge >= 0.3 is 5.69 Å². The fourth-order valence-electron chi connectivity index (χ4n) is 4.13. The van der Waals surface area contributed by atoms with Crippen molar-refractivity contribution in [3.05, 3.63) is 70.7 Å². The van der Waals surface area contributed by atoms with Gasteiger partial charge in [-0.2, -0.15) is 9.98 Å². The topological polar surface area (TPSA) is 149 Å². The number of hydrogen-bond donors (Lipinski definition) is 1. The number of benzene rings is 1. The van der Waals surface area contributed by atoms with E-state index in [1.54, 1.807) is 6.20 Å². The molecule has 1 saturated heterocycles. The summed E-state index contributed by atoms with van der Waals surface area (Å²) in [5.74, 6) is 0. The molecule has 11 nitrogen and oxygen atoms in total. The molecular formula is C23H22N6O5S3. The highest BCUT2D eigenvalue weighted by Crippen LogP contribution is 2.24. The first-order chi connectivity index (χ1) is 17.5. The van der Waals surface area contributed by atoms with Crippen LogP contribution in [0.15, 0.2) is 38.9 Å². The zero-order chi connectivity index (χ0) is 26.5. The van der Waals surface area contributed by atoms with Gasteiger partial charge in [0.15, 0.2) is 5.54 Å². The summed E-state index contributed by atoms with van der Waals surface area (Å²) in [6.45, 7) is 5.61. The molecule has 1 aliphatic heterocycles. The zero-order valence-corrected chi connectivity index (χ0v) is 22.6. The Morgan fingerprint density at radius 2 is 1.89 bits per heavy atom. The molecule has 4 aromatic rings. The third-order valence-corrected chi connectivity index (χ3v) is 9.52. The van der Waals surface area contributed by atoms with Crippen LogP contribution in [0.3, 0.4) is 0 Å². The molecule has 4 heterocycles. The van der Waals surface area contributed by atoms with Crippen molar-refractivity contribution in [1.82, 2.24) is 23.8 Å². The fraction of sp³-hybridized carbons (Fsp3) is 0.348. The number of nitrogens with one attached hydrogen (secondary N) is 1. The molecule has 0 unspecified atom stereocenters. The third-order valence-electron chi connectivity index (χ3n) is 6.03. The minimum absolute atomic E-state index is 0.00389. The van der Waals surface area contributed by atoms with Crippen LogP contribution >= 0.6 is 22.7 Å². The second-order valence-electron chi connectivity index (χ2n) is 8.82. The number of fused-ring (bicyclic) bond motifs is 1. The van der Waals surface area contributed by atoms with E-state index in [2.05, 4.69) is 14.7 Å². The lowest BCUT2D eigenvalue weighted by molar-refractivity contribution is -0.0324. The Labute approximate surface area is 219 Å². The van der Waals surface area contributed by atoms with Gasteiger partial charge in [0.1, 0.15) is 0 Å². The van der Waals surface area contributed by atoms with Gasteiger partial charge < -0.3 is 4.74 Å². The van der Waals surface area contributed by atoms with Crippen LogP contribution in [0.4, 0.5) is 0 Å². The van der Waals surface area contributed by atoms with Crippen LogP contribution in [0, 0.1) is 32.1 Å². The van der Waals surface area contributed by atoms with Gasteiger partial charge in [0, 0.05) is 16.0 Å². The van der Waals surface area contributed by atoms with E-state index in [0.29, 0.717) is 5.52 Å². The SMILES string of the molecule is Cc1ncc(Cn2c(=O)c3cc(S(=O)(=O)NC4(C#N)COC4)ccc3n(Cc3sc(C)nc3C)c2=O)s1. The van der Waals surface area contributed by atoms with Crippen LogP contribution in [0.25, 0.3) is 10.9 Å². The number of nitrogens with zero attached hydrogens (tertiary/aromatic N) is 5. The number of hydrogen-bond acceptors (Lipinski definition) is 10. The molecule has 1 fully saturated rings. The number of aryl methyl sites for hydroxylation is 3. The molecular weight excluding hydrogens is 536 g/mol. The van der Waals surface area contributed by atoms with Crippen LogP contribution in [0.5, 0.6) is 0 Å². The molecule has 0 bridgehead atoms. The van der Waals surface area contributed by atoms with Crippen LogP contribution in [-0.4, -0.2) is 46.3 Å². The van der Waals surface area contributed by atoms with Crippen LogP contribution in [0.2, 0.25) is 0 Å². The summed E-state index contributed by atoms with van der Waals surface area (Å²) in [5.41, 5.74) is -1.39. The van der Waals surface area contributed by atoms with Gasteiger partial charge in [-0.05, 0) is 39.0 Å². The van der Waals surface area contributed by atoms with Crippen molar-refractivity contribution in [3.63, 3.8) is 0 Å². The Kier molecular flexibility index (Phi) is 6.37. The van der Waals surface area contributed by atoms with E-state index >= 15 is 0 Å². The van der Waals surface area contributed by atoms with E-state index in [9.17, 15) is 23.3 Å². The normalized spacial score (nSPS) is 15.0. The standard InChI is InChI=1S/C23H22N6O5S3/c1-13-20(36-15(3)26-13)9-28-19-5-4-17(37(32,33)27-23(10-24)11-34-12-23)6-18(19)21(30)29(22(28)31)8-16-7-25-14(2)35-16/h4-7,27H,8-9,11-12H2,1-3H3. The van der Waals surface area contributed by atoms with Gasteiger partial charge in [0.05, 0.1) is 63.9 Å². The maximum atomic E-state index is 13.6. The highest BCUT2D eigenvalue weighted by Gasteiger charge is 2.43. The Morgan fingerprint density at radius 1 is 1.14 bits per heavy atom. The molecule has 5 rings (SSSR count). The van der Waals surface area contributed by atoms with Crippen molar-refractivity contribution in [2.75, 3.05) is 13.2 Å². The monoisotopic (exact) mass is 558 g/mol. The molecule has 14 heteroatoms. The van der Waals surface area contributed by atoms with Crippen molar-refractivity contribution >= 4 is 43.6 Å². The van der Waals surface area contributed by atoms with Crippen molar-refractivity contribution in [2.45, 2.75) is 44.3 Å². The Morgan fingerprint density at radius 3 is 2.46 bits per heavy atom. The first-order valence-electron chi connectivity index (χ1n) is 11.2. The summed E-state index contributed by atoms with van der Waals surface area (Å²) in [4.78, 5) is 37.2. The molecule has 0 saturated carbocycles. The molecule has 1 aliphatic rings. The van der Waals surface area contributed by atoms with Gasteiger partial charge in [-0.1, -0.05) is 0 Å². The van der Waals surface area contributed by atoms with Gasteiger partial charge in [-0.15, -0.1) is 22.7 Å². The summed E-state index contributed by atoms with van der Waals surface area (Å²) in [6, 6.07) is 5.97. The first kappa shape index (κ1) is 25.4. The molecule has 37 heavy (non-hydrogen) atoms. The highest BCUT2D eigenvalue weighted by molar-refractivity contribution is 7.89. The molecule has 3 aromatic heterocycles. The molecule has 192 valence electrons. The van der Waals surface area contributed by atoms with Crippen LogP contribution in [0.1, 0.15) is 25.5 Å². The van der Waals surface area contributed by atoms with Crippen LogP contribution < -0.4 is 16.0 Å². The Balaban J connectivity index is 1.69. The van der Waals surface area contributed by atoms with E-state index in [1.807, 2.05) is 26.8 Å². The summed E-state index contributed by atoms with van der Waals surface area (Å²) >= 11 is 2.83. The summed E-state index contributed by atoms with van der Waals surface area (Å²) in [7, 11) is -4.16. The van der Waals surface area contributed by atoms with Gasteiger partial charge in [-0.3, -0.25) is 13.9 Å². The van der Waals surface area contributed by atoms with E-state index in [4.69, 9.17) is 4.74 Å². The molecule has 0 aliphatic carbocycles. The van der Waals surface area contributed by atoms with Gasteiger partial charge in [-0.25, -0.2) is 23.2 Å². The maximum Gasteiger partial charge on any atom is 0.332 e. The molecule has 1 aromatic carbocycles. The summed E-state index contributed by atoms with van der Waals surface area (Å²) in [5, 5.41) is 11.1. The smallest absolute Gasteiger partial charge is 0.332 e. The fourth-order valence-corrected chi connectivity index (χ4v) is 7.15. The maximum absolute atomic E-state index is 13.6. The second kappa shape index (κ2) is 9.26. The Hall–Kier alpha value is -3.22. The van der Waals surface area contributed by atoms with E-state index < -0.39 is 26.8 Å². The van der Waals surface area contributed by atoms with Crippen LogP contribution in [-0.2, 0) is 27.8 Å². The largest absolute Gasteiger partial charge is 0.375 e. The summed E-state index contributed by atoms with van der Waals surface area (Å²) < 4.78 is 36.2. The zero-order valence-electron chi connectivity index (χ0n) is 20.1. The van der Waals surface area contributed by atoms with E-state index in [0.717, 1.165) is 30.0 Å². The van der Waals surface area contributed by atoms with E-state index in [1.165, 1.54) is 45.4 Å². The van der Waals surface area contributed by atoms with Crippen molar-refractivity contribution < 1.29 is 13.2 Å². The predicted molar refractivity (Wildman–Crippen MR) is 139 cm³/mol. The lowest BCUT2D eigenvalue weighted by Crippen LogP contribution is -2.61. The summed E-state index contributed by atoms with van der Waals surface area (Å²) in [6.07, 6.45) is 1.62. The quantitative estimate of drug-likeness (QED) is 0.360. The minimum atomic E-state index is -4.16. The minimum Gasteiger partial charge on any atom is -0.375 e. The average Bonchev–Trinajstić information content (AvgIpc) is 3.39. The van der Waals surface area contributed by atoms with E-state index in [-0.39, 0.29) is 36.6 Å². The number of rotatable bonds is 7. The van der Waals surface area contributed by atoms with Gasteiger partial charge in [0.2, 0.25) is 10.0 Å². The number of thiazole rings is 2. The molecule has 0 radical (unpaired) electrons. The number of nitriles is 1.